The zero-order valence-electron chi connectivity index (χ0n) is 11.5. The average molecular weight is 249 g/mol. The molecule has 3 nitrogen and oxygen atoms in total. The normalized spacial score (nSPS) is 21.6. The highest BCUT2D eigenvalue weighted by Crippen LogP contribution is 2.28. The molecule has 18 heavy (non-hydrogen) atoms. The Hall–Kier alpha value is -1.06. The SMILES string of the molecule is CNC(C)c1ccc(C)cc1OC1CCCOC1. The molecule has 0 aliphatic carbocycles. The first-order valence-corrected chi connectivity index (χ1v) is 6.73. The molecule has 1 saturated heterocycles. The number of ether oxygens (including phenoxy) is 2. The van der Waals surface area contributed by atoms with Crippen LogP contribution < -0.4 is 10.1 Å². The van der Waals surface area contributed by atoms with E-state index in [0.717, 1.165) is 25.2 Å². The Labute approximate surface area is 109 Å². The lowest BCUT2D eigenvalue weighted by atomic mass is 10.0. The van der Waals surface area contributed by atoms with Crippen molar-refractivity contribution in [2.75, 3.05) is 20.3 Å². The van der Waals surface area contributed by atoms with Gasteiger partial charge in [0.05, 0.1) is 6.61 Å². The van der Waals surface area contributed by atoms with E-state index in [9.17, 15) is 0 Å². The predicted molar refractivity (Wildman–Crippen MR) is 73.1 cm³/mol. The third-order valence-corrected chi connectivity index (χ3v) is 3.48. The van der Waals surface area contributed by atoms with E-state index in [1.165, 1.54) is 11.1 Å². The van der Waals surface area contributed by atoms with E-state index in [0.29, 0.717) is 12.6 Å². The number of hydrogen-bond donors (Lipinski definition) is 1. The van der Waals surface area contributed by atoms with Crippen LogP contribution in [0.5, 0.6) is 5.75 Å². The fourth-order valence-corrected chi connectivity index (χ4v) is 2.24. The highest BCUT2D eigenvalue weighted by molar-refractivity contribution is 5.39. The second-order valence-corrected chi connectivity index (χ2v) is 5.01. The summed E-state index contributed by atoms with van der Waals surface area (Å²) in [7, 11) is 1.97. The van der Waals surface area contributed by atoms with Gasteiger partial charge < -0.3 is 14.8 Å². The van der Waals surface area contributed by atoms with Crippen molar-refractivity contribution in [1.29, 1.82) is 0 Å². The molecule has 0 spiro atoms. The Morgan fingerprint density at radius 3 is 2.94 bits per heavy atom. The fourth-order valence-electron chi connectivity index (χ4n) is 2.24. The molecule has 0 aromatic heterocycles. The van der Waals surface area contributed by atoms with Crippen molar-refractivity contribution in [3.05, 3.63) is 29.3 Å². The minimum absolute atomic E-state index is 0.198. The largest absolute Gasteiger partial charge is 0.488 e. The number of hydrogen-bond acceptors (Lipinski definition) is 3. The fraction of sp³-hybridized carbons (Fsp3) is 0.600. The average Bonchev–Trinajstić information content (AvgIpc) is 2.39. The molecular weight excluding hydrogens is 226 g/mol. The summed E-state index contributed by atoms with van der Waals surface area (Å²) in [5.74, 6) is 0.993. The van der Waals surface area contributed by atoms with E-state index in [1.54, 1.807) is 0 Å². The highest BCUT2D eigenvalue weighted by Gasteiger charge is 2.18. The van der Waals surface area contributed by atoms with Gasteiger partial charge in [-0.15, -0.1) is 0 Å². The summed E-state index contributed by atoms with van der Waals surface area (Å²) in [5.41, 5.74) is 2.45. The molecule has 2 atom stereocenters. The van der Waals surface area contributed by atoms with Crippen LogP contribution in [0, 0.1) is 6.92 Å². The topological polar surface area (TPSA) is 30.5 Å². The van der Waals surface area contributed by atoms with Crippen LogP contribution in [0.25, 0.3) is 0 Å². The van der Waals surface area contributed by atoms with E-state index in [2.05, 4.69) is 37.4 Å². The van der Waals surface area contributed by atoms with Crippen molar-refractivity contribution in [1.82, 2.24) is 5.32 Å². The van der Waals surface area contributed by atoms with Gasteiger partial charge in [-0.1, -0.05) is 12.1 Å². The maximum Gasteiger partial charge on any atom is 0.124 e. The standard InChI is InChI=1S/C15H23NO2/c1-11-6-7-14(12(2)16-3)15(9-11)18-13-5-4-8-17-10-13/h6-7,9,12-13,16H,4-5,8,10H2,1-3H3. The van der Waals surface area contributed by atoms with Crippen molar-refractivity contribution in [3.63, 3.8) is 0 Å². The maximum atomic E-state index is 6.13. The lowest BCUT2D eigenvalue weighted by molar-refractivity contribution is 0.00686. The zero-order valence-corrected chi connectivity index (χ0v) is 11.5. The zero-order chi connectivity index (χ0) is 13.0. The molecule has 1 heterocycles. The van der Waals surface area contributed by atoms with Gasteiger partial charge in [-0.05, 0) is 45.4 Å². The van der Waals surface area contributed by atoms with E-state index in [-0.39, 0.29) is 6.10 Å². The number of rotatable bonds is 4. The van der Waals surface area contributed by atoms with Crippen molar-refractivity contribution < 1.29 is 9.47 Å². The Balaban J connectivity index is 2.15. The molecular formula is C15H23NO2. The maximum absolute atomic E-state index is 6.13. The molecule has 0 saturated carbocycles. The molecule has 3 heteroatoms. The minimum atomic E-state index is 0.198. The van der Waals surface area contributed by atoms with Crippen molar-refractivity contribution >= 4 is 0 Å². The van der Waals surface area contributed by atoms with Crippen molar-refractivity contribution in [2.45, 2.75) is 38.8 Å². The quantitative estimate of drug-likeness (QED) is 0.890. The van der Waals surface area contributed by atoms with E-state index in [1.807, 2.05) is 7.05 Å². The first-order chi connectivity index (χ1) is 8.70. The summed E-state index contributed by atoms with van der Waals surface area (Å²) in [6.45, 7) is 5.82. The van der Waals surface area contributed by atoms with E-state index >= 15 is 0 Å². The molecule has 1 aliphatic rings. The Morgan fingerprint density at radius 1 is 1.44 bits per heavy atom. The van der Waals surface area contributed by atoms with Crippen LogP contribution in [0.1, 0.15) is 36.9 Å². The van der Waals surface area contributed by atoms with Crippen LogP contribution in [-0.2, 0) is 4.74 Å². The molecule has 1 aromatic rings. The Morgan fingerprint density at radius 2 is 2.28 bits per heavy atom. The van der Waals surface area contributed by atoms with Crippen molar-refractivity contribution in [2.24, 2.45) is 0 Å². The molecule has 1 N–H and O–H groups in total. The predicted octanol–water partition coefficient (Wildman–Crippen LogP) is 2.83. The monoisotopic (exact) mass is 249 g/mol. The molecule has 1 aliphatic heterocycles. The van der Waals surface area contributed by atoms with Gasteiger partial charge in [-0.3, -0.25) is 0 Å². The van der Waals surface area contributed by atoms with E-state index in [4.69, 9.17) is 9.47 Å². The van der Waals surface area contributed by atoms with Gasteiger partial charge in [-0.2, -0.15) is 0 Å². The van der Waals surface area contributed by atoms with Crippen LogP contribution in [0.2, 0.25) is 0 Å². The third kappa shape index (κ3) is 3.24. The molecule has 0 bridgehead atoms. The highest BCUT2D eigenvalue weighted by atomic mass is 16.5. The summed E-state index contributed by atoms with van der Waals surface area (Å²) < 4.78 is 11.6. The lowest BCUT2D eigenvalue weighted by Crippen LogP contribution is -2.28. The van der Waals surface area contributed by atoms with Crippen LogP contribution in [0.4, 0.5) is 0 Å². The number of aryl methyl sites for hydroxylation is 1. The van der Waals surface area contributed by atoms with Gasteiger partial charge in [0.1, 0.15) is 11.9 Å². The van der Waals surface area contributed by atoms with Crippen LogP contribution >= 0.6 is 0 Å². The van der Waals surface area contributed by atoms with Gasteiger partial charge in [0.2, 0.25) is 0 Å². The molecule has 0 radical (unpaired) electrons. The van der Waals surface area contributed by atoms with Crippen molar-refractivity contribution in [3.8, 4) is 5.75 Å². The van der Waals surface area contributed by atoms with E-state index < -0.39 is 0 Å². The lowest BCUT2D eigenvalue weighted by Gasteiger charge is -2.26. The smallest absolute Gasteiger partial charge is 0.124 e. The Kier molecular flexibility index (Phi) is 4.61. The van der Waals surface area contributed by atoms with Gasteiger partial charge in [0.25, 0.3) is 0 Å². The molecule has 1 fully saturated rings. The minimum Gasteiger partial charge on any atom is -0.488 e. The van der Waals surface area contributed by atoms with Gasteiger partial charge in [-0.25, -0.2) is 0 Å². The van der Waals surface area contributed by atoms with Crippen LogP contribution in [0.3, 0.4) is 0 Å². The molecule has 0 amide bonds. The summed E-state index contributed by atoms with van der Waals surface area (Å²) in [4.78, 5) is 0. The number of nitrogens with one attached hydrogen (secondary N) is 1. The summed E-state index contributed by atoms with van der Waals surface area (Å²) in [5, 5.41) is 3.27. The first kappa shape index (κ1) is 13.4. The third-order valence-electron chi connectivity index (χ3n) is 3.48. The van der Waals surface area contributed by atoms with Gasteiger partial charge >= 0.3 is 0 Å². The molecule has 1 aromatic carbocycles. The van der Waals surface area contributed by atoms with Gasteiger partial charge in [0, 0.05) is 18.2 Å². The first-order valence-electron chi connectivity index (χ1n) is 6.73. The summed E-state index contributed by atoms with van der Waals surface area (Å²) in [6, 6.07) is 6.70. The molecule has 2 rings (SSSR count). The van der Waals surface area contributed by atoms with Crippen LogP contribution in [0.15, 0.2) is 18.2 Å². The second-order valence-electron chi connectivity index (χ2n) is 5.01. The summed E-state index contributed by atoms with van der Waals surface area (Å²) in [6.07, 6.45) is 2.37. The molecule has 2 unspecified atom stereocenters. The molecule has 100 valence electrons. The Bertz CT molecular complexity index is 386. The van der Waals surface area contributed by atoms with Crippen LogP contribution in [-0.4, -0.2) is 26.4 Å². The second kappa shape index (κ2) is 6.21. The number of benzene rings is 1. The van der Waals surface area contributed by atoms with Gasteiger partial charge in [0.15, 0.2) is 0 Å². The summed E-state index contributed by atoms with van der Waals surface area (Å²) >= 11 is 0.